The molecule has 1 aliphatic heterocycles. The largest absolute Gasteiger partial charge is 0.414 e. The molecule has 1 aliphatic rings. The van der Waals surface area contributed by atoms with Crippen molar-refractivity contribution in [2.24, 2.45) is 0 Å². The number of aromatic nitrogens is 4. The molecule has 4 aromatic heterocycles. The Bertz CT molecular complexity index is 1340. The molecule has 0 atom stereocenters. The molecule has 0 unspecified atom stereocenters. The Morgan fingerprint density at radius 2 is 1.84 bits per heavy atom. The van der Waals surface area contributed by atoms with Crippen molar-refractivity contribution in [2.75, 3.05) is 13.1 Å². The fourth-order valence-electron chi connectivity index (χ4n) is 3.89. The first-order valence-corrected chi connectivity index (χ1v) is 13.0. The highest BCUT2D eigenvalue weighted by Gasteiger charge is 2.21. The average Bonchev–Trinajstić information content (AvgIpc) is 3.62. The number of fused-ring (bicyclic) bond motifs is 1. The van der Waals surface area contributed by atoms with E-state index < -0.39 is 0 Å². The average molecular weight is 478 g/mol. The van der Waals surface area contributed by atoms with E-state index >= 15 is 0 Å². The van der Waals surface area contributed by atoms with Gasteiger partial charge in [0.05, 0.1) is 16.8 Å². The molecule has 0 amide bonds. The molecule has 32 heavy (non-hydrogen) atoms. The molecule has 5 aromatic rings. The molecule has 0 aliphatic carbocycles. The van der Waals surface area contributed by atoms with Crippen LogP contribution < -0.4 is 0 Å². The Morgan fingerprint density at radius 3 is 2.66 bits per heavy atom. The van der Waals surface area contributed by atoms with Crippen molar-refractivity contribution < 1.29 is 4.42 Å². The maximum absolute atomic E-state index is 6.00. The summed E-state index contributed by atoms with van der Waals surface area (Å²) < 4.78 is 6.00. The number of hydrogen-bond donors (Lipinski definition) is 0. The molecule has 9 heteroatoms. The SMILES string of the molecule is c1ccc(-c2csc3nc(-c4cccs4)nc(Sc4nnc(CN5CCCC5)o4)c23)cc1. The minimum absolute atomic E-state index is 0.515. The van der Waals surface area contributed by atoms with Crippen molar-refractivity contribution in [3.8, 4) is 21.8 Å². The van der Waals surface area contributed by atoms with Crippen LogP contribution >= 0.6 is 34.4 Å². The number of nitrogens with zero attached hydrogens (tertiary/aromatic N) is 5. The Labute approximate surface area is 197 Å². The summed E-state index contributed by atoms with van der Waals surface area (Å²) in [5, 5.41) is 15.2. The first-order chi connectivity index (χ1) is 15.8. The Morgan fingerprint density at radius 1 is 0.969 bits per heavy atom. The van der Waals surface area contributed by atoms with Gasteiger partial charge in [-0.25, -0.2) is 9.97 Å². The van der Waals surface area contributed by atoms with Gasteiger partial charge in [0.15, 0.2) is 5.82 Å². The van der Waals surface area contributed by atoms with Crippen LogP contribution in [0.25, 0.3) is 32.0 Å². The van der Waals surface area contributed by atoms with Gasteiger partial charge in [-0.1, -0.05) is 36.4 Å². The van der Waals surface area contributed by atoms with Gasteiger partial charge in [0.2, 0.25) is 5.89 Å². The molecule has 0 radical (unpaired) electrons. The van der Waals surface area contributed by atoms with E-state index in [0.29, 0.717) is 17.7 Å². The number of benzene rings is 1. The molecule has 0 N–H and O–H groups in total. The zero-order valence-electron chi connectivity index (χ0n) is 17.1. The number of rotatable bonds is 6. The molecule has 6 rings (SSSR count). The van der Waals surface area contributed by atoms with Crippen LogP contribution in [0.15, 0.2) is 67.9 Å². The van der Waals surface area contributed by atoms with Crippen molar-refractivity contribution >= 4 is 44.7 Å². The summed E-state index contributed by atoms with van der Waals surface area (Å²) in [6.45, 7) is 2.90. The van der Waals surface area contributed by atoms with Crippen LogP contribution in [0, 0.1) is 0 Å². The third kappa shape index (κ3) is 3.97. The fraction of sp³-hybridized carbons (Fsp3) is 0.217. The van der Waals surface area contributed by atoms with Crippen LogP contribution in [0.4, 0.5) is 0 Å². The van der Waals surface area contributed by atoms with E-state index in [2.05, 4.69) is 44.7 Å². The molecule has 6 nitrogen and oxygen atoms in total. The van der Waals surface area contributed by atoms with Gasteiger partial charge in [-0.05, 0) is 54.7 Å². The highest BCUT2D eigenvalue weighted by Crippen LogP contribution is 2.41. The second-order valence-electron chi connectivity index (χ2n) is 7.57. The van der Waals surface area contributed by atoms with Crippen molar-refractivity contribution in [2.45, 2.75) is 29.6 Å². The number of likely N-dealkylation sites (tertiary alicyclic amines) is 1. The molecule has 0 spiro atoms. The van der Waals surface area contributed by atoms with Gasteiger partial charge in [0, 0.05) is 10.9 Å². The van der Waals surface area contributed by atoms with Gasteiger partial charge in [-0.15, -0.1) is 32.9 Å². The lowest BCUT2D eigenvalue weighted by Crippen LogP contribution is -2.18. The van der Waals surface area contributed by atoms with E-state index in [-0.39, 0.29) is 0 Å². The molecule has 0 bridgehead atoms. The molecule has 160 valence electrons. The van der Waals surface area contributed by atoms with Crippen molar-refractivity contribution in [1.82, 2.24) is 25.1 Å². The van der Waals surface area contributed by atoms with Gasteiger partial charge in [0.1, 0.15) is 9.86 Å². The maximum Gasteiger partial charge on any atom is 0.283 e. The Balaban J connectivity index is 1.41. The van der Waals surface area contributed by atoms with E-state index in [0.717, 1.165) is 50.2 Å². The van der Waals surface area contributed by atoms with Crippen molar-refractivity contribution in [3.63, 3.8) is 0 Å². The summed E-state index contributed by atoms with van der Waals surface area (Å²) in [4.78, 5) is 14.2. The smallest absolute Gasteiger partial charge is 0.283 e. The Kier molecular flexibility index (Phi) is 5.48. The van der Waals surface area contributed by atoms with E-state index in [9.17, 15) is 0 Å². The number of thiophene rings is 2. The van der Waals surface area contributed by atoms with Gasteiger partial charge in [-0.2, -0.15) is 0 Å². The van der Waals surface area contributed by atoms with Crippen molar-refractivity contribution in [3.05, 3.63) is 59.1 Å². The topological polar surface area (TPSA) is 67.9 Å². The monoisotopic (exact) mass is 477 g/mol. The summed E-state index contributed by atoms with van der Waals surface area (Å²) in [5.41, 5.74) is 2.27. The second kappa shape index (κ2) is 8.74. The predicted octanol–water partition coefficient (Wildman–Crippen LogP) is 6.22. The lowest BCUT2D eigenvalue weighted by Gasteiger charge is -2.10. The zero-order valence-corrected chi connectivity index (χ0v) is 19.6. The summed E-state index contributed by atoms with van der Waals surface area (Å²) in [7, 11) is 0. The molecule has 1 aromatic carbocycles. The lowest BCUT2D eigenvalue weighted by molar-refractivity contribution is 0.278. The van der Waals surface area contributed by atoms with E-state index in [1.165, 1.54) is 24.6 Å². The molecule has 0 saturated carbocycles. The third-order valence-corrected chi connectivity index (χ3v) is 7.98. The molecule has 5 heterocycles. The third-order valence-electron chi connectivity index (χ3n) is 5.42. The fourth-order valence-corrected chi connectivity index (χ4v) is 6.38. The minimum Gasteiger partial charge on any atom is -0.414 e. The highest BCUT2D eigenvalue weighted by molar-refractivity contribution is 7.99. The zero-order chi connectivity index (χ0) is 21.3. The number of hydrogen-bond acceptors (Lipinski definition) is 9. The second-order valence-corrected chi connectivity index (χ2v) is 10.3. The standard InChI is InChI=1S/C23H19N5OS3/c1-2-7-15(8-3-1)16-14-31-21-19(16)22(25-20(24-21)17-9-6-12-30-17)32-23-27-26-18(29-23)13-28-10-4-5-11-28/h1-3,6-9,12,14H,4-5,10-11,13H2. The highest BCUT2D eigenvalue weighted by atomic mass is 32.2. The predicted molar refractivity (Wildman–Crippen MR) is 129 cm³/mol. The lowest BCUT2D eigenvalue weighted by atomic mass is 10.1. The molecular formula is C23H19N5OS3. The van der Waals surface area contributed by atoms with E-state index in [4.69, 9.17) is 14.4 Å². The van der Waals surface area contributed by atoms with Gasteiger partial charge in [-0.3, -0.25) is 4.90 Å². The van der Waals surface area contributed by atoms with Gasteiger partial charge in [0.25, 0.3) is 5.22 Å². The van der Waals surface area contributed by atoms with Gasteiger partial charge >= 0.3 is 0 Å². The van der Waals surface area contributed by atoms with Gasteiger partial charge < -0.3 is 4.42 Å². The molecule has 1 saturated heterocycles. The maximum atomic E-state index is 6.00. The minimum atomic E-state index is 0.515. The van der Waals surface area contributed by atoms with Crippen LogP contribution in [0.2, 0.25) is 0 Å². The summed E-state index contributed by atoms with van der Waals surface area (Å²) in [6, 6.07) is 14.4. The van der Waals surface area contributed by atoms with Crippen LogP contribution in [-0.2, 0) is 6.54 Å². The molecular weight excluding hydrogens is 458 g/mol. The molecule has 1 fully saturated rings. The van der Waals surface area contributed by atoms with E-state index in [1.807, 2.05) is 23.6 Å². The quantitative estimate of drug-likeness (QED) is 0.269. The van der Waals surface area contributed by atoms with Crippen LogP contribution in [-0.4, -0.2) is 38.2 Å². The first-order valence-electron chi connectivity index (χ1n) is 10.4. The summed E-state index contributed by atoms with van der Waals surface area (Å²) >= 11 is 4.70. The first kappa shape index (κ1) is 20.0. The summed E-state index contributed by atoms with van der Waals surface area (Å²) in [6.07, 6.45) is 2.47. The van der Waals surface area contributed by atoms with Crippen LogP contribution in [0.3, 0.4) is 0 Å². The Hall–Kier alpha value is -2.59. The summed E-state index contributed by atoms with van der Waals surface area (Å²) in [5.74, 6) is 1.39. The van der Waals surface area contributed by atoms with E-state index in [1.54, 1.807) is 22.7 Å². The van der Waals surface area contributed by atoms with Crippen LogP contribution in [0.5, 0.6) is 0 Å². The normalized spacial score (nSPS) is 14.5. The van der Waals surface area contributed by atoms with Crippen molar-refractivity contribution in [1.29, 1.82) is 0 Å². The van der Waals surface area contributed by atoms with Crippen LogP contribution in [0.1, 0.15) is 18.7 Å².